The number of hydrogen-bond acceptors (Lipinski definition) is 1. The van der Waals surface area contributed by atoms with Crippen LogP contribution in [0.1, 0.15) is 44.2 Å². The van der Waals surface area contributed by atoms with Gasteiger partial charge in [0.25, 0.3) is 0 Å². The Morgan fingerprint density at radius 3 is 2.44 bits per heavy atom. The highest BCUT2D eigenvalue weighted by molar-refractivity contribution is 5.22. The molecule has 0 spiro atoms. The molecule has 1 nitrogen and oxygen atoms in total. The number of aliphatic hydroxyl groups is 1. The van der Waals surface area contributed by atoms with Crippen molar-refractivity contribution < 1.29 is 5.11 Å². The van der Waals surface area contributed by atoms with E-state index in [9.17, 15) is 5.11 Å². The number of rotatable bonds is 3. The summed E-state index contributed by atoms with van der Waals surface area (Å²) in [5.74, 6) is 2.03. The fourth-order valence-electron chi connectivity index (χ4n) is 3.57. The van der Waals surface area contributed by atoms with Gasteiger partial charge in [0.05, 0.1) is 6.10 Å². The Bertz CT molecular complexity index is 375. The van der Waals surface area contributed by atoms with Gasteiger partial charge in [0.15, 0.2) is 0 Å². The van der Waals surface area contributed by atoms with Crippen LogP contribution in [0.15, 0.2) is 24.3 Å². The summed E-state index contributed by atoms with van der Waals surface area (Å²) in [6.07, 6.45) is 4.35. The van der Waals surface area contributed by atoms with Crippen LogP contribution in [0.2, 0.25) is 0 Å². The van der Waals surface area contributed by atoms with Gasteiger partial charge < -0.3 is 5.11 Å². The van der Waals surface area contributed by atoms with Gasteiger partial charge in [0.1, 0.15) is 0 Å². The molecule has 1 saturated carbocycles. The molecule has 100 valence electrons. The molecule has 0 bridgehead atoms. The van der Waals surface area contributed by atoms with Gasteiger partial charge in [-0.15, -0.1) is 0 Å². The van der Waals surface area contributed by atoms with E-state index in [-0.39, 0.29) is 6.10 Å². The Morgan fingerprint density at radius 1 is 1.17 bits per heavy atom. The minimum atomic E-state index is -0.169. The number of hydrogen-bond donors (Lipinski definition) is 1. The Hall–Kier alpha value is -0.820. The van der Waals surface area contributed by atoms with Crippen LogP contribution in [0.3, 0.4) is 0 Å². The van der Waals surface area contributed by atoms with Crippen LogP contribution >= 0.6 is 0 Å². The highest BCUT2D eigenvalue weighted by Crippen LogP contribution is 2.35. The topological polar surface area (TPSA) is 20.2 Å². The predicted octanol–water partition coefficient (Wildman–Crippen LogP) is 3.97. The van der Waals surface area contributed by atoms with E-state index < -0.39 is 0 Å². The van der Waals surface area contributed by atoms with E-state index in [1.54, 1.807) is 0 Å². The molecule has 3 unspecified atom stereocenters. The molecule has 1 N–H and O–H groups in total. The van der Waals surface area contributed by atoms with Gasteiger partial charge >= 0.3 is 0 Å². The molecule has 0 heterocycles. The highest BCUT2D eigenvalue weighted by Gasteiger charge is 2.28. The molecule has 1 aliphatic carbocycles. The summed E-state index contributed by atoms with van der Waals surface area (Å²) in [6.45, 7) is 6.75. The maximum Gasteiger partial charge on any atom is 0.0608 e. The summed E-state index contributed by atoms with van der Waals surface area (Å²) in [4.78, 5) is 0. The summed E-state index contributed by atoms with van der Waals surface area (Å²) in [6, 6.07) is 8.52. The van der Waals surface area contributed by atoms with Crippen molar-refractivity contribution >= 4 is 0 Å². The third-order valence-corrected chi connectivity index (χ3v) is 4.29. The Balaban J connectivity index is 1.97. The molecule has 1 aromatic carbocycles. The van der Waals surface area contributed by atoms with E-state index in [2.05, 4.69) is 45.0 Å². The molecule has 0 amide bonds. The average Bonchev–Trinajstić information content (AvgIpc) is 2.27. The first-order valence-corrected chi connectivity index (χ1v) is 7.28. The first kappa shape index (κ1) is 13.6. The zero-order chi connectivity index (χ0) is 13.1. The maximum absolute atomic E-state index is 10.5. The second kappa shape index (κ2) is 5.88. The third-order valence-electron chi connectivity index (χ3n) is 4.29. The van der Waals surface area contributed by atoms with Crippen molar-refractivity contribution in [1.29, 1.82) is 0 Å². The number of aryl methyl sites for hydroxylation is 1. The van der Waals surface area contributed by atoms with E-state index in [4.69, 9.17) is 0 Å². The van der Waals surface area contributed by atoms with Crippen molar-refractivity contribution in [3.05, 3.63) is 35.4 Å². The first-order chi connectivity index (χ1) is 8.54. The van der Waals surface area contributed by atoms with Gasteiger partial charge in [-0.25, -0.2) is 0 Å². The van der Waals surface area contributed by atoms with Gasteiger partial charge in [0, 0.05) is 0 Å². The minimum absolute atomic E-state index is 0.169. The summed E-state index contributed by atoms with van der Waals surface area (Å²) < 4.78 is 0. The van der Waals surface area contributed by atoms with E-state index in [0.29, 0.717) is 5.92 Å². The predicted molar refractivity (Wildman–Crippen MR) is 76.6 cm³/mol. The average molecular weight is 246 g/mol. The van der Waals surface area contributed by atoms with Crippen LogP contribution in [0.4, 0.5) is 0 Å². The van der Waals surface area contributed by atoms with E-state index >= 15 is 0 Å². The second-order valence-electron chi connectivity index (χ2n) is 6.44. The molecule has 3 atom stereocenters. The largest absolute Gasteiger partial charge is 0.392 e. The van der Waals surface area contributed by atoms with Gasteiger partial charge in [-0.3, -0.25) is 0 Å². The molecule has 1 heteroatoms. The minimum Gasteiger partial charge on any atom is -0.392 e. The Morgan fingerprint density at radius 2 is 1.83 bits per heavy atom. The van der Waals surface area contributed by atoms with Crippen LogP contribution < -0.4 is 0 Å². The normalized spacial score (nSPS) is 30.1. The Labute approximate surface area is 111 Å². The summed E-state index contributed by atoms with van der Waals surface area (Å²) in [7, 11) is 0. The molecule has 1 aromatic rings. The molecule has 1 aliphatic rings. The number of aliphatic hydroxyl groups excluding tert-OH is 1. The van der Waals surface area contributed by atoms with E-state index in [1.807, 2.05) is 0 Å². The first-order valence-electron chi connectivity index (χ1n) is 7.28. The van der Waals surface area contributed by atoms with Gasteiger partial charge in [-0.1, -0.05) is 43.7 Å². The monoisotopic (exact) mass is 246 g/mol. The molecule has 1 fully saturated rings. The highest BCUT2D eigenvalue weighted by atomic mass is 16.3. The van der Waals surface area contributed by atoms with Crippen molar-refractivity contribution in [2.45, 2.75) is 52.6 Å². The second-order valence-corrected chi connectivity index (χ2v) is 6.44. The van der Waals surface area contributed by atoms with Crippen molar-refractivity contribution in [3.63, 3.8) is 0 Å². The molecule has 0 saturated heterocycles. The van der Waals surface area contributed by atoms with Crippen LogP contribution in [-0.2, 0) is 6.42 Å². The van der Waals surface area contributed by atoms with Crippen molar-refractivity contribution in [2.24, 2.45) is 17.8 Å². The third kappa shape index (κ3) is 3.58. The van der Waals surface area contributed by atoms with Crippen LogP contribution in [0, 0.1) is 24.7 Å². The molecule has 0 radical (unpaired) electrons. The van der Waals surface area contributed by atoms with Crippen LogP contribution in [0.25, 0.3) is 0 Å². The lowest BCUT2D eigenvalue weighted by molar-refractivity contribution is 0.0561. The van der Waals surface area contributed by atoms with Gasteiger partial charge in [-0.2, -0.15) is 0 Å². The molecule has 0 aliphatic heterocycles. The standard InChI is InChI=1S/C17H26O/c1-12-5-4-6-15(8-12)11-17(18)16-9-13(2)7-14(3)10-16/h4-6,8,13-14,16-18H,7,9-11H2,1-3H3. The van der Waals surface area contributed by atoms with Crippen molar-refractivity contribution in [3.8, 4) is 0 Å². The smallest absolute Gasteiger partial charge is 0.0608 e. The van der Waals surface area contributed by atoms with Crippen molar-refractivity contribution in [2.75, 3.05) is 0 Å². The molecule has 2 rings (SSSR count). The van der Waals surface area contributed by atoms with E-state index in [1.165, 1.54) is 30.4 Å². The number of benzene rings is 1. The SMILES string of the molecule is Cc1cccc(CC(O)C2CC(C)CC(C)C2)c1. The fraction of sp³-hybridized carbons (Fsp3) is 0.647. The lowest BCUT2D eigenvalue weighted by Crippen LogP contribution is -2.30. The zero-order valence-electron chi connectivity index (χ0n) is 11.9. The summed E-state index contributed by atoms with van der Waals surface area (Å²) in [5.41, 5.74) is 2.55. The molecule has 18 heavy (non-hydrogen) atoms. The fourth-order valence-corrected chi connectivity index (χ4v) is 3.57. The Kier molecular flexibility index (Phi) is 4.45. The van der Waals surface area contributed by atoms with Crippen LogP contribution in [-0.4, -0.2) is 11.2 Å². The quantitative estimate of drug-likeness (QED) is 0.855. The lowest BCUT2D eigenvalue weighted by atomic mass is 9.73. The zero-order valence-corrected chi connectivity index (χ0v) is 11.9. The van der Waals surface area contributed by atoms with Gasteiger partial charge in [0.2, 0.25) is 0 Å². The van der Waals surface area contributed by atoms with Gasteiger partial charge in [-0.05, 0) is 55.9 Å². The molecular formula is C17H26O. The lowest BCUT2D eigenvalue weighted by Gasteiger charge is -2.34. The molecular weight excluding hydrogens is 220 g/mol. The van der Waals surface area contributed by atoms with Crippen LogP contribution in [0.5, 0.6) is 0 Å². The van der Waals surface area contributed by atoms with Crippen molar-refractivity contribution in [1.82, 2.24) is 0 Å². The van der Waals surface area contributed by atoms with E-state index in [0.717, 1.165) is 18.3 Å². The molecule has 0 aromatic heterocycles. The summed E-state index contributed by atoms with van der Waals surface area (Å²) >= 11 is 0. The summed E-state index contributed by atoms with van der Waals surface area (Å²) in [5, 5.41) is 10.5. The maximum atomic E-state index is 10.5.